The van der Waals surface area contributed by atoms with Crippen LogP contribution in [0.3, 0.4) is 0 Å². The summed E-state index contributed by atoms with van der Waals surface area (Å²) in [6, 6.07) is 4.81. The number of ether oxygens (including phenoxy) is 1. The zero-order chi connectivity index (χ0) is 18.2. The topological polar surface area (TPSA) is 72.9 Å². The zero-order valence-electron chi connectivity index (χ0n) is 14.9. The first-order valence-electron chi connectivity index (χ1n) is 8.24. The number of carbonyl (C=O) groups excluding carboxylic acids is 1. The lowest BCUT2D eigenvalue weighted by Crippen LogP contribution is -2.27. The van der Waals surface area contributed by atoms with E-state index in [0.29, 0.717) is 17.5 Å². The maximum atomic E-state index is 12.2. The third kappa shape index (κ3) is 5.79. The highest BCUT2D eigenvalue weighted by Gasteiger charge is 2.22. The number of rotatable bonds is 10. The van der Waals surface area contributed by atoms with Crippen LogP contribution in [0.25, 0.3) is 0 Å². The number of hydrogen-bond donors (Lipinski definition) is 0. The summed E-state index contributed by atoms with van der Waals surface area (Å²) in [6.45, 7) is 4.11. The molecule has 0 unspecified atom stereocenters. The zero-order valence-corrected chi connectivity index (χ0v) is 15.7. The lowest BCUT2D eigenvalue weighted by atomic mass is 10.00. The fourth-order valence-electron chi connectivity index (χ4n) is 2.22. The predicted octanol–water partition coefficient (Wildman–Crippen LogP) is 3.17. The molecule has 7 heteroatoms. The Hall–Kier alpha value is -1.60. The van der Waals surface area contributed by atoms with Gasteiger partial charge in [0.2, 0.25) is 0 Å². The van der Waals surface area contributed by atoms with Crippen molar-refractivity contribution < 1.29 is 22.1 Å². The molecule has 1 aromatic rings. The molecule has 0 saturated carbocycles. The van der Waals surface area contributed by atoms with Crippen LogP contribution < -0.4 is 4.18 Å². The second-order valence-electron chi connectivity index (χ2n) is 5.64. The molecule has 0 bridgehead atoms. The van der Waals surface area contributed by atoms with Crippen molar-refractivity contribution in [2.45, 2.75) is 46.0 Å². The number of hydrogen-bond acceptors (Lipinski definition) is 5. The van der Waals surface area contributed by atoms with Gasteiger partial charge < -0.3 is 8.92 Å². The van der Waals surface area contributed by atoms with Crippen LogP contribution in [0.2, 0.25) is 0 Å². The van der Waals surface area contributed by atoms with Crippen LogP contribution in [-0.2, 0) is 21.5 Å². The average molecular weight is 357 g/mol. The number of nitrogens with zero attached hydrogens (tertiary/aromatic N) is 1. The van der Waals surface area contributed by atoms with Gasteiger partial charge in [0.1, 0.15) is 5.75 Å². The molecule has 0 aliphatic rings. The van der Waals surface area contributed by atoms with Crippen molar-refractivity contribution in [3.05, 3.63) is 29.3 Å². The van der Waals surface area contributed by atoms with Crippen molar-refractivity contribution in [3.63, 3.8) is 0 Å². The smallest absolute Gasteiger partial charge is 0.384 e. The van der Waals surface area contributed by atoms with Crippen molar-refractivity contribution in [1.29, 1.82) is 0 Å². The molecule has 0 saturated heterocycles. The molecular weight excluding hydrogens is 330 g/mol. The maximum Gasteiger partial charge on any atom is 0.384 e. The molecule has 1 rings (SSSR count). The Morgan fingerprint density at radius 3 is 2.42 bits per heavy atom. The van der Waals surface area contributed by atoms with Gasteiger partial charge >= 0.3 is 16.3 Å². The van der Waals surface area contributed by atoms with Gasteiger partial charge in [-0.05, 0) is 31.9 Å². The van der Waals surface area contributed by atoms with E-state index in [0.717, 1.165) is 30.0 Å². The minimum atomic E-state index is -3.88. The van der Waals surface area contributed by atoms with E-state index in [9.17, 15) is 13.2 Å². The van der Waals surface area contributed by atoms with Gasteiger partial charge in [0, 0.05) is 19.7 Å². The summed E-state index contributed by atoms with van der Waals surface area (Å²) in [7, 11) is -1.09. The molecule has 0 atom stereocenters. The molecule has 6 nitrogen and oxygen atoms in total. The quantitative estimate of drug-likeness (QED) is 0.475. The molecule has 136 valence electrons. The van der Waals surface area contributed by atoms with E-state index in [-0.39, 0.29) is 12.4 Å². The van der Waals surface area contributed by atoms with Crippen LogP contribution in [0.4, 0.5) is 0 Å². The first-order chi connectivity index (χ1) is 11.3. The van der Waals surface area contributed by atoms with Crippen molar-refractivity contribution in [2.24, 2.45) is 0 Å². The highest BCUT2D eigenvalue weighted by atomic mass is 32.2. The van der Waals surface area contributed by atoms with E-state index in [1.807, 2.05) is 0 Å². The highest BCUT2D eigenvalue weighted by Crippen LogP contribution is 2.27. The fourth-order valence-corrected chi connectivity index (χ4v) is 2.75. The molecule has 0 radical (unpaired) electrons. The van der Waals surface area contributed by atoms with Crippen molar-refractivity contribution in [3.8, 4) is 5.75 Å². The Labute approximate surface area is 145 Å². The first kappa shape index (κ1) is 20.4. The van der Waals surface area contributed by atoms with Gasteiger partial charge in [-0.3, -0.25) is 0 Å². The normalized spacial score (nSPS) is 11.5. The summed E-state index contributed by atoms with van der Waals surface area (Å²) >= 11 is 0. The Morgan fingerprint density at radius 1 is 1.12 bits per heavy atom. The maximum absolute atomic E-state index is 12.2. The Kier molecular flexibility index (Phi) is 8.21. The molecule has 0 fully saturated rings. The van der Waals surface area contributed by atoms with E-state index in [1.54, 1.807) is 25.1 Å². The summed E-state index contributed by atoms with van der Waals surface area (Å²) in [4.78, 5) is 12.2. The van der Waals surface area contributed by atoms with Gasteiger partial charge in [-0.2, -0.15) is 12.7 Å². The first-order valence-corrected chi connectivity index (χ1v) is 9.60. The van der Waals surface area contributed by atoms with Gasteiger partial charge in [-0.25, -0.2) is 4.79 Å². The SMILES string of the molecule is CCCCCCc1c(OS(=O)(=O)N(C)C)cccc1C(=O)OCC. The molecular formula is C17H27NO5S. The Balaban J connectivity index is 3.16. The van der Waals surface area contributed by atoms with Gasteiger partial charge in [0.25, 0.3) is 0 Å². The van der Waals surface area contributed by atoms with Crippen molar-refractivity contribution in [2.75, 3.05) is 20.7 Å². The molecule has 0 spiro atoms. The van der Waals surface area contributed by atoms with Gasteiger partial charge in [-0.1, -0.05) is 32.3 Å². The number of esters is 1. The predicted molar refractivity (Wildman–Crippen MR) is 93.5 cm³/mol. The van der Waals surface area contributed by atoms with Gasteiger partial charge in [0.05, 0.1) is 12.2 Å². The summed E-state index contributed by atoms with van der Waals surface area (Å²) in [6.07, 6.45) is 4.61. The summed E-state index contributed by atoms with van der Waals surface area (Å²) in [5.74, 6) is -0.276. The van der Waals surface area contributed by atoms with E-state index in [4.69, 9.17) is 8.92 Å². The van der Waals surface area contributed by atoms with Crippen molar-refractivity contribution >= 4 is 16.3 Å². The second-order valence-corrected chi connectivity index (χ2v) is 7.39. The minimum Gasteiger partial charge on any atom is -0.462 e. The highest BCUT2D eigenvalue weighted by molar-refractivity contribution is 7.84. The van der Waals surface area contributed by atoms with Gasteiger partial charge in [-0.15, -0.1) is 0 Å². The molecule has 0 amide bonds. The third-order valence-electron chi connectivity index (χ3n) is 3.55. The largest absolute Gasteiger partial charge is 0.462 e. The van der Waals surface area contributed by atoms with Crippen LogP contribution in [-0.4, -0.2) is 39.4 Å². The lowest BCUT2D eigenvalue weighted by Gasteiger charge is -2.17. The van der Waals surface area contributed by atoms with E-state index < -0.39 is 16.3 Å². The Morgan fingerprint density at radius 2 is 1.83 bits per heavy atom. The van der Waals surface area contributed by atoms with Gasteiger partial charge in [0.15, 0.2) is 0 Å². The summed E-state index contributed by atoms with van der Waals surface area (Å²) in [5, 5.41) is 0. The molecule has 0 aliphatic heterocycles. The van der Waals surface area contributed by atoms with Crippen LogP contribution >= 0.6 is 0 Å². The average Bonchev–Trinajstić information content (AvgIpc) is 2.52. The fraction of sp³-hybridized carbons (Fsp3) is 0.588. The summed E-state index contributed by atoms with van der Waals surface area (Å²) in [5.41, 5.74) is 0.942. The lowest BCUT2D eigenvalue weighted by molar-refractivity contribution is 0.0524. The van der Waals surface area contributed by atoms with Crippen LogP contribution in [0.1, 0.15) is 55.5 Å². The number of carbonyl (C=O) groups is 1. The van der Waals surface area contributed by atoms with Crippen LogP contribution in [0.15, 0.2) is 18.2 Å². The van der Waals surface area contributed by atoms with Crippen LogP contribution in [0.5, 0.6) is 5.75 Å². The standard InChI is InChI=1S/C17H27NO5S/c1-5-7-8-9-11-14-15(17(19)22-6-2)12-10-13-16(14)23-24(20,21)18(3)4/h10,12-13H,5-9,11H2,1-4H3. The minimum absolute atomic E-state index is 0.186. The van der Waals surface area contributed by atoms with E-state index in [1.165, 1.54) is 14.1 Å². The molecule has 0 aromatic heterocycles. The van der Waals surface area contributed by atoms with Crippen LogP contribution in [0, 0.1) is 0 Å². The van der Waals surface area contributed by atoms with E-state index >= 15 is 0 Å². The number of unbranched alkanes of at least 4 members (excludes halogenated alkanes) is 3. The molecule has 24 heavy (non-hydrogen) atoms. The molecule has 0 N–H and O–H groups in total. The van der Waals surface area contributed by atoms with Crippen molar-refractivity contribution in [1.82, 2.24) is 4.31 Å². The molecule has 1 aromatic carbocycles. The number of benzene rings is 1. The molecule has 0 heterocycles. The Bertz CT molecular complexity index is 640. The van der Waals surface area contributed by atoms with E-state index in [2.05, 4.69) is 6.92 Å². The monoisotopic (exact) mass is 357 g/mol. The second kappa shape index (κ2) is 9.64. The molecule has 0 aliphatic carbocycles. The summed E-state index contributed by atoms with van der Waals surface area (Å²) < 4.78 is 35.3. The third-order valence-corrected chi connectivity index (χ3v) is 4.84.